The highest BCUT2D eigenvalue weighted by Gasteiger charge is 2.10. The quantitative estimate of drug-likeness (QED) is 0.669. The van der Waals surface area contributed by atoms with Crippen molar-refractivity contribution in [3.63, 3.8) is 0 Å². The Hall–Kier alpha value is -1.94. The summed E-state index contributed by atoms with van der Waals surface area (Å²) >= 11 is 5.87. The molecule has 0 bridgehead atoms. The van der Waals surface area contributed by atoms with E-state index in [2.05, 4.69) is 28.3 Å². The minimum Gasteiger partial charge on any atom is -0.339 e. The van der Waals surface area contributed by atoms with Crippen molar-refractivity contribution in [3.05, 3.63) is 46.9 Å². The first-order valence-corrected chi connectivity index (χ1v) is 6.44. The van der Waals surface area contributed by atoms with E-state index in [1.165, 1.54) is 11.9 Å². The summed E-state index contributed by atoms with van der Waals surface area (Å²) in [6.45, 7) is 2.12. The first kappa shape index (κ1) is 13.5. The molecule has 0 spiro atoms. The van der Waals surface area contributed by atoms with E-state index in [4.69, 9.17) is 11.6 Å². The largest absolute Gasteiger partial charge is 0.339 e. The number of rotatable bonds is 5. The fourth-order valence-electron chi connectivity index (χ4n) is 1.84. The molecule has 0 atom stereocenters. The maximum atomic E-state index is 11.0. The summed E-state index contributed by atoms with van der Waals surface area (Å²) in [6, 6.07) is 7.93. The van der Waals surface area contributed by atoms with Crippen molar-refractivity contribution in [2.45, 2.75) is 19.8 Å². The minimum absolute atomic E-state index is 0.153. The Bertz CT molecular complexity index is 587. The smallest absolute Gasteiger partial charge is 0.156 e. The van der Waals surface area contributed by atoms with Crippen molar-refractivity contribution >= 4 is 29.4 Å². The van der Waals surface area contributed by atoms with E-state index in [0.717, 1.165) is 18.5 Å². The summed E-state index contributed by atoms with van der Waals surface area (Å²) in [7, 11) is 0. The van der Waals surface area contributed by atoms with Crippen molar-refractivity contribution in [1.29, 1.82) is 0 Å². The summed E-state index contributed by atoms with van der Waals surface area (Å²) < 4.78 is 0. The maximum absolute atomic E-state index is 11.0. The number of aryl methyl sites for hydroxylation is 1. The zero-order chi connectivity index (χ0) is 13.7. The molecule has 0 saturated carbocycles. The number of anilines is 2. The van der Waals surface area contributed by atoms with Gasteiger partial charge in [0.05, 0.1) is 5.56 Å². The number of carbonyl (C=O) groups excluding carboxylic acids is 1. The Morgan fingerprint density at radius 2 is 2.11 bits per heavy atom. The highest BCUT2D eigenvalue weighted by molar-refractivity contribution is 6.32. The van der Waals surface area contributed by atoms with Crippen LogP contribution >= 0.6 is 11.6 Å². The lowest BCUT2D eigenvalue weighted by molar-refractivity contribution is 0.112. The van der Waals surface area contributed by atoms with Crippen LogP contribution in [0.25, 0.3) is 0 Å². The Labute approximate surface area is 116 Å². The predicted molar refractivity (Wildman–Crippen MR) is 76.1 cm³/mol. The van der Waals surface area contributed by atoms with Gasteiger partial charge < -0.3 is 5.32 Å². The summed E-state index contributed by atoms with van der Waals surface area (Å²) in [4.78, 5) is 18.9. The molecular formula is C14H14ClN3O. The summed E-state index contributed by atoms with van der Waals surface area (Å²) in [6.07, 6.45) is 4.00. The molecule has 4 nitrogen and oxygen atoms in total. The van der Waals surface area contributed by atoms with Crippen molar-refractivity contribution < 1.29 is 4.79 Å². The Balaban J connectivity index is 2.36. The molecule has 0 unspecified atom stereocenters. The number of benzene rings is 1. The highest BCUT2D eigenvalue weighted by atomic mass is 35.5. The summed E-state index contributed by atoms with van der Waals surface area (Å²) in [5.41, 5.74) is 2.38. The van der Waals surface area contributed by atoms with Gasteiger partial charge in [-0.1, -0.05) is 43.1 Å². The summed E-state index contributed by atoms with van der Waals surface area (Å²) in [5.74, 6) is 0.429. The first-order chi connectivity index (χ1) is 9.26. The molecule has 1 heterocycles. The van der Waals surface area contributed by atoms with E-state index in [1.807, 2.05) is 18.2 Å². The van der Waals surface area contributed by atoms with Crippen LogP contribution in [0.3, 0.4) is 0 Å². The fourth-order valence-corrected chi connectivity index (χ4v) is 2.01. The van der Waals surface area contributed by atoms with Crippen LogP contribution < -0.4 is 5.32 Å². The highest BCUT2D eigenvalue weighted by Crippen LogP contribution is 2.24. The number of carbonyl (C=O) groups is 1. The first-order valence-electron chi connectivity index (χ1n) is 6.06. The molecule has 2 rings (SSSR count). The second-order valence-corrected chi connectivity index (χ2v) is 4.43. The van der Waals surface area contributed by atoms with Crippen LogP contribution in [0.5, 0.6) is 0 Å². The molecule has 0 aliphatic carbocycles. The molecule has 0 saturated heterocycles. The van der Waals surface area contributed by atoms with Crippen LogP contribution in [-0.4, -0.2) is 16.3 Å². The van der Waals surface area contributed by atoms with E-state index in [-0.39, 0.29) is 10.7 Å². The van der Waals surface area contributed by atoms with E-state index >= 15 is 0 Å². The Kier molecular flexibility index (Phi) is 4.47. The minimum atomic E-state index is 0.153. The molecule has 0 fully saturated rings. The van der Waals surface area contributed by atoms with Gasteiger partial charge in [0.2, 0.25) is 0 Å². The second-order valence-electron chi connectivity index (χ2n) is 4.08. The van der Waals surface area contributed by atoms with Crippen LogP contribution in [0.1, 0.15) is 29.3 Å². The lowest BCUT2D eigenvalue weighted by Gasteiger charge is -2.12. The number of hydrogen-bond donors (Lipinski definition) is 1. The van der Waals surface area contributed by atoms with Crippen LogP contribution in [-0.2, 0) is 6.42 Å². The van der Waals surface area contributed by atoms with Gasteiger partial charge in [-0.15, -0.1) is 0 Å². The van der Waals surface area contributed by atoms with Crippen molar-refractivity contribution in [1.82, 2.24) is 9.97 Å². The molecule has 1 aromatic carbocycles. The van der Waals surface area contributed by atoms with Gasteiger partial charge in [-0.05, 0) is 18.1 Å². The number of hydrogen-bond acceptors (Lipinski definition) is 4. The van der Waals surface area contributed by atoms with Gasteiger partial charge in [0, 0.05) is 5.69 Å². The SMILES string of the molecule is CCCc1ccccc1Nc1ncnc(Cl)c1C=O. The topological polar surface area (TPSA) is 54.9 Å². The molecule has 5 heteroatoms. The number of aromatic nitrogens is 2. The van der Waals surface area contributed by atoms with E-state index in [1.54, 1.807) is 0 Å². The van der Waals surface area contributed by atoms with Crippen LogP contribution in [0.15, 0.2) is 30.6 Å². The number of para-hydroxylation sites is 1. The second kappa shape index (κ2) is 6.29. The average Bonchev–Trinajstić information content (AvgIpc) is 2.41. The standard InChI is InChI=1S/C14H14ClN3O/c1-2-5-10-6-3-4-7-12(10)18-14-11(8-19)13(15)16-9-17-14/h3-4,6-9H,2,5H2,1H3,(H,16,17,18). The molecular weight excluding hydrogens is 262 g/mol. The lowest BCUT2D eigenvalue weighted by Crippen LogP contribution is -2.02. The lowest BCUT2D eigenvalue weighted by atomic mass is 10.1. The third-order valence-corrected chi connectivity index (χ3v) is 3.04. The molecule has 2 aromatic rings. The van der Waals surface area contributed by atoms with Gasteiger partial charge in [-0.25, -0.2) is 9.97 Å². The molecule has 1 N–H and O–H groups in total. The van der Waals surface area contributed by atoms with E-state index in [0.29, 0.717) is 12.1 Å². The zero-order valence-electron chi connectivity index (χ0n) is 10.6. The molecule has 19 heavy (non-hydrogen) atoms. The molecule has 1 aromatic heterocycles. The Morgan fingerprint density at radius 3 is 2.84 bits per heavy atom. The van der Waals surface area contributed by atoms with Gasteiger partial charge in [-0.2, -0.15) is 0 Å². The average molecular weight is 276 g/mol. The molecule has 0 amide bonds. The van der Waals surface area contributed by atoms with E-state index in [9.17, 15) is 4.79 Å². The normalized spacial score (nSPS) is 10.2. The molecule has 0 radical (unpaired) electrons. The molecule has 0 aliphatic rings. The fraction of sp³-hybridized carbons (Fsp3) is 0.214. The zero-order valence-corrected chi connectivity index (χ0v) is 11.3. The van der Waals surface area contributed by atoms with Gasteiger partial charge >= 0.3 is 0 Å². The van der Waals surface area contributed by atoms with Gasteiger partial charge in [0.15, 0.2) is 6.29 Å². The Morgan fingerprint density at radius 1 is 1.32 bits per heavy atom. The van der Waals surface area contributed by atoms with Crippen LogP contribution in [0, 0.1) is 0 Å². The van der Waals surface area contributed by atoms with Crippen molar-refractivity contribution in [3.8, 4) is 0 Å². The molecule has 98 valence electrons. The number of nitrogens with zero attached hydrogens (tertiary/aromatic N) is 2. The van der Waals surface area contributed by atoms with Gasteiger partial charge in [0.1, 0.15) is 17.3 Å². The third-order valence-electron chi connectivity index (χ3n) is 2.74. The van der Waals surface area contributed by atoms with E-state index < -0.39 is 0 Å². The van der Waals surface area contributed by atoms with Crippen molar-refractivity contribution in [2.24, 2.45) is 0 Å². The van der Waals surface area contributed by atoms with Crippen LogP contribution in [0.4, 0.5) is 11.5 Å². The van der Waals surface area contributed by atoms with Gasteiger partial charge in [0.25, 0.3) is 0 Å². The number of aldehydes is 1. The predicted octanol–water partition coefficient (Wildman–Crippen LogP) is 3.64. The monoisotopic (exact) mass is 275 g/mol. The van der Waals surface area contributed by atoms with Crippen LogP contribution in [0.2, 0.25) is 5.15 Å². The number of nitrogens with one attached hydrogen (secondary N) is 1. The van der Waals surface area contributed by atoms with Gasteiger partial charge in [-0.3, -0.25) is 4.79 Å². The third kappa shape index (κ3) is 3.09. The maximum Gasteiger partial charge on any atom is 0.156 e. The summed E-state index contributed by atoms with van der Waals surface area (Å²) in [5, 5.41) is 3.30. The van der Waals surface area contributed by atoms with Crippen molar-refractivity contribution in [2.75, 3.05) is 5.32 Å². The molecule has 0 aliphatic heterocycles. The number of halogens is 1.